The molecule has 0 aromatic heterocycles. The molecule has 2 rings (SSSR count). The number of hydrogen-bond acceptors (Lipinski definition) is 3. The second kappa shape index (κ2) is 7.28. The summed E-state index contributed by atoms with van der Waals surface area (Å²) >= 11 is 0. The van der Waals surface area contributed by atoms with Crippen molar-refractivity contribution in [1.82, 2.24) is 0 Å². The molecule has 22 heavy (non-hydrogen) atoms. The number of aliphatic hydroxyl groups excluding tert-OH is 1. The minimum atomic E-state index is -0.339. The summed E-state index contributed by atoms with van der Waals surface area (Å²) in [5, 5.41) is 10.4. The summed E-state index contributed by atoms with van der Waals surface area (Å²) in [7, 11) is 1.38. The van der Waals surface area contributed by atoms with Gasteiger partial charge in [0, 0.05) is 6.08 Å². The molecule has 0 heterocycles. The quantitative estimate of drug-likeness (QED) is 0.376. The van der Waals surface area contributed by atoms with Crippen LogP contribution in [-0.4, -0.2) is 24.3 Å². The van der Waals surface area contributed by atoms with Crippen molar-refractivity contribution in [1.29, 1.82) is 0 Å². The maximum atomic E-state index is 11.1. The number of carbonyl (C=O) groups excluding carboxylic acids is 1. The molecule has 0 saturated heterocycles. The minimum Gasteiger partial charge on any atom is -0.466 e. The third-order valence-electron chi connectivity index (χ3n) is 5.46. The van der Waals surface area contributed by atoms with E-state index in [0.29, 0.717) is 35.5 Å². The van der Waals surface area contributed by atoms with Crippen LogP contribution in [0.2, 0.25) is 0 Å². The molecule has 0 bridgehead atoms. The highest BCUT2D eigenvalue weighted by atomic mass is 16.5. The lowest BCUT2D eigenvalue weighted by atomic mass is 9.58. The lowest BCUT2D eigenvalue weighted by Crippen LogP contribution is -2.46. The summed E-state index contributed by atoms with van der Waals surface area (Å²) in [6.07, 6.45) is 12.8. The molecule has 0 aliphatic heterocycles. The van der Waals surface area contributed by atoms with Crippen molar-refractivity contribution in [3.8, 4) is 0 Å². The van der Waals surface area contributed by atoms with E-state index in [1.807, 2.05) is 6.08 Å². The number of fused-ring (bicyclic) bond motifs is 1. The van der Waals surface area contributed by atoms with Crippen LogP contribution >= 0.6 is 0 Å². The van der Waals surface area contributed by atoms with E-state index >= 15 is 0 Å². The number of allylic oxidation sites excluding steroid dienone is 5. The third kappa shape index (κ3) is 3.52. The lowest BCUT2D eigenvalue weighted by Gasteiger charge is -2.48. The lowest BCUT2D eigenvalue weighted by molar-refractivity contribution is -0.134. The first-order valence-electron chi connectivity index (χ1n) is 8.25. The zero-order valence-electron chi connectivity index (χ0n) is 14.0. The molecule has 0 amide bonds. The van der Waals surface area contributed by atoms with E-state index in [2.05, 4.69) is 43.7 Å². The van der Waals surface area contributed by atoms with Crippen LogP contribution in [0.1, 0.15) is 27.2 Å². The molecule has 0 spiro atoms. The second-order valence-electron chi connectivity index (χ2n) is 6.89. The van der Waals surface area contributed by atoms with Crippen LogP contribution in [0.4, 0.5) is 0 Å². The second-order valence-corrected chi connectivity index (χ2v) is 6.89. The summed E-state index contributed by atoms with van der Waals surface area (Å²) < 4.78 is 4.59. The van der Waals surface area contributed by atoms with Crippen LogP contribution in [0.25, 0.3) is 0 Å². The van der Waals surface area contributed by atoms with Crippen molar-refractivity contribution >= 4 is 5.97 Å². The predicted octanol–water partition coefficient (Wildman–Crippen LogP) is 3.36. The molecule has 0 aromatic carbocycles. The average molecular weight is 304 g/mol. The highest BCUT2D eigenvalue weighted by Gasteiger charge is 2.44. The topological polar surface area (TPSA) is 46.5 Å². The summed E-state index contributed by atoms with van der Waals surface area (Å²) in [6, 6.07) is 0. The first-order valence-corrected chi connectivity index (χ1v) is 8.25. The van der Waals surface area contributed by atoms with Gasteiger partial charge in [0.1, 0.15) is 0 Å². The molecule has 0 aromatic rings. The van der Waals surface area contributed by atoms with E-state index in [-0.39, 0.29) is 12.1 Å². The fourth-order valence-corrected chi connectivity index (χ4v) is 4.20. The van der Waals surface area contributed by atoms with Gasteiger partial charge in [-0.2, -0.15) is 0 Å². The highest BCUT2D eigenvalue weighted by Crippen LogP contribution is 2.48. The molecule has 0 radical (unpaired) electrons. The van der Waals surface area contributed by atoms with Crippen LogP contribution in [-0.2, 0) is 9.53 Å². The number of esters is 1. The Morgan fingerprint density at radius 1 is 1.23 bits per heavy atom. The first-order chi connectivity index (χ1) is 10.5. The fourth-order valence-electron chi connectivity index (χ4n) is 4.20. The van der Waals surface area contributed by atoms with Crippen molar-refractivity contribution in [3.63, 3.8) is 0 Å². The first kappa shape index (κ1) is 17.0. The third-order valence-corrected chi connectivity index (χ3v) is 5.46. The SMILES string of the molecule is COC(=O)C=CC=C[C@@H]1[C@H]2[C@H](C)[C@@H](O)[C@H](C)C[C@@H]2C=C[C@@H]1C. The molecule has 3 nitrogen and oxygen atoms in total. The highest BCUT2D eigenvalue weighted by molar-refractivity contribution is 5.82. The predicted molar refractivity (Wildman–Crippen MR) is 88.0 cm³/mol. The average Bonchev–Trinajstić information content (AvgIpc) is 2.51. The van der Waals surface area contributed by atoms with Crippen molar-refractivity contribution in [2.45, 2.75) is 33.3 Å². The normalized spacial score (nSPS) is 41.8. The smallest absolute Gasteiger partial charge is 0.330 e. The molecule has 1 N–H and O–H groups in total. The Labute approximate surface area is 133 Å². The van der Waals surface area contributed by atoms with Gasteiger partial charge in [-0.25, -0.2) is 4.79 Å². The van der Waals surface area contributed by atoms with Crippen molar-refractivity contribution in [2.24, 2.45) is 35.5 Å². The van der Waals surface area contributed by atoms with Gasteiger partial charge in [0.2, 0.25) is 0 Å². The maximum Gasteiger partial charge on any atom is 0.330 e. The maximum absolute atomic E-state index is 11.1. The van der Waals surface area contributed by atoms with Gasteiger partial charge >= 0.3 is 5.97 Å². The van der Waals surface area contributed by atoms with Crippen molar-refractivity contribution in [3.05, 3.63) is 36.5 Å². The van der Waals surface area contributed by atoms with E-state index < -0.39 is 0 Å². The van der Waals surface area contributed by atoms with Gasteiger partial charge in [-0.3, -0.25) is 0 Å². The summed E-state index contributed by atoms with van der Waals surface area (Å²) in [5.74, 6) is 2.17. The minimum absolute atomic E-state index is 0.221. The van der Waals surface area contributed by atoms with E-state index in [1.54, 1.807) is 6.08 Å². The van der Waals surface area contributed by atoms with Gasteiger partial charge in [-0.15, -0.1) is 0 Å². The summed E-state index contributed by atoms with van der Waals surface area (Å²) in [6.45, 7) is 6.55. The molecular weight excluding hydrogens is 276 g/mol. The molecule has 2 aliphatic carbocycles. The van der Waals surface area contributed by atoms with Gasteiger partial charge in [0.05, 0.1) is 13.2 Å². The van der Waals surface area contributed by atoms with Gasteiger partial charge < -0.3 is 9.84 Å². The Morgan fingerprint density at radius 3 is 2.64 bits per heavy atom. The van der Waals surface area contributed by atoms with Crippen LogP contribution in [0.3, 0.4) is 0 Å². The van der Waals surface area contributed by atoms with Gasteiger partial charge in [-0.1, -0.05) is 51.2 Å². The Bertz CT molecular complexity index is 477. The number of rotatable bonds is 3. The van der Waals surface area contributed by atoms with Gasteiger partial charge in [-0.05, 0) is 41.9 Å². The van der Waals surface area contributed by atoms with Gasteiger partial charge in [0.25, 0.3) is 0 Å². The van der Waals surface area contributed by atoms with E-state index in [1.165, 1.54) is 13.2 Å². The molecule has 0 unspecified atom stereocenters. The molecular formula is C19H28O3. The molecule has 122 valence electrons. The number of methoxy groups -OCH3 is 1. The largest absolute Gasteiger partial charge is 0.466 e. The van der Waals surface area contributed by atoms with Gasteiger partial charge in [0.15, 0.2) is 0 Å². The van der Waals surface area contributed by atoms with Crippen molar-refractivity contribution < 1.29 is 14.6 Å². The number of hydrogen-bond donors (Lipinski definition) is 1. The van der Waals surface area contributed by atoms with Crippen molar-refractivity contribution in [2.75, 3.05) is 7.11 Å². The number of ether oxygens (including phenoxy) is 1. The zero-order chi connectivity index (χ0) is 16.3. The van der Waals surface area contributed by atoms with Crippen LogP contribution in [0, 0.1) is 35.5 Å². The number of carbonyl (C=O) groups is 1. The van der Waals surface area contributed by atoms with E-state index in [9.17, 15) is 9.90 Å². The monoisotopic (exact) mass is 304 g/mol. The Morgan fingerprint density at radius 2 is 1.95 bits per heavy atom. The van der Waals surface area contributed by atoms with E-state index in [4.69, 9.17) is 0 Å². The Hall–Kier alpha value is -1.35. The Balaban J connectivity index is 2.15. The molecule has 1 fully saturated rings. The zero-order valence-corrected chi connectivity index (χ0v) is 14.0. The standard InChI is InChI=1S/C19H28O3/c1-12-9-10-15-11-13(2)19(21)14(3)18(15)16(12)7-5-6-8-17(20)22-4/h5-10,12-16,18-19,21H,11H2,1-4H3/t12-,13+,14-,15-,16-,18-,19-/m0/s1. The summed E-state index contributed by atoms with van der Waals surface area (Å²) in [4.78, 5) is 11.1. The van der Waals surface area contributed by atoms with Crippen LogP contribution in [0.5, 0.6) is 0 Å². The Kier molecular flexibility index (Phi) is 5.63. The number of aliphatic hydroxyl groups is 1. The van der Waals surface area contributed by atoms with Crippen LogP contribution < -0.4 is 0 Å². The molecule has 2 aliphatic rings. The van der Waals surface area contributed by atoms with E-state index in [0.717, 1.165) is 6.42 Å². The molecule has 1 saturated carbocycles. The molecule has 3 heteroatoms. The fraction of sp³-hybridized carbons (Fsp3) is 0.632. The summed E-state index contributed by atoms with van der Waals surface area (Å²) in [5.41, 5.74) is 0. The van der Waals surface area contributed by atoms with Crippen LogP contribution in [0.15, 0.2) is 36.5 Å². The molecule has 7 atom stereocenters.